The van der Waals surface area contributed by atoms with Crippen molar-refractivity contribution in [2.24, 2.45) is 0 Å². The fourth-order valence-corrected chi connectivity index (χ4v) is 5.17. The molecule has 0 unspecified atom stereocenters. The van der Waals surface area contributed by atoms with E-state index in [1.54, 1.807) is 48.5 Å². The molecule has 2 aromatic heterocycles. The average Bonchev–Trinajstić information content (AvgIpc) is 3.41. The lowest BCUT2D eigenvalue weighted by Gasteiger charge is -2.23. The van der Waals surface area contributed by atoms with Gasteiger partial charge in [0.05, 0.1) is 22.8 Å². The maximum Gasteiger partial charge on any atom is 0.253 e. The van der Waals surface area contributed by atoms with E-state index in [4.69, 9.17) is 0 Å². The third-order valence-electron chi connectivity index (χ3n) is 5.06. The third-order valence-corrected chi connectivity index (χ3v) is 6.81. The SMILES string of the molecule is CN(C(=O)c1ccc(-n2cccn2)c(C#Cc2ccccn2)c1)[C@@H]1CCS(=O)(=O)C1. The number of benzene rings is 1. The van der Waals surface area contributed by atoms with Crippen LogP contribution in [-0.2, 0) is 9.84 Å². The Labute approximate surface area is 175 Å². The van der Waals surface area contributed by atoms with E-state index >= 15 is 0 Å². The van der Waals surface area contributed by atoms with E-state index in [0.717, 1.165) is 5.69 Å². The zero-order chi connectivity index (χ0) is 21.1. The fourth-order valence-electron chi connectivity index (χ4n) is 3.40. The topological polar surface area (TPSA) is 85.2 Å². The summed E-state index contributed by atoms with van der Waals surface area (Å²) in [4.78, 5) is 18.7. The quantitative estimate of drug-likeness (QED) is 0.605. The Morgan fingerprint density at radius 1 is 1.17 bits per heavy atom. The molecule has 0 bridgehead atoms. The van der Waals surface area contributed by atoms with Crippen molar-refractivity contribution in [2.45, 2.75) is 12.5 Å². The van der Waals surface area contributed by atoms with E-state index < -0.39 is 9.84 Å². The van der Waals surface area contributed by atoms with E-state index in [2.05, 4.69) is 21.9 Å². The molecule has 1 aliphatic rings. The molecular formula is C22H20N4O3S. The number of hydrogen-bond acceptors (Lipinski definition) is 5. The summed E-state index contributed by atoms with van der Waals surface area (Å²) in [7, 11) is -1.43. The minimum absolute atomic E-state index is 0.00689. The highest BCUT2D eigenvalue weighted by Gasteiger charge is 2.33. The van der Waals surface area contributed by atoms with Gasteiger partial charge in [0, 0.05) is 37.2 Å². The lowest BCUT2D eigenvalue weighted by atomic mass is 10.1. The molecule has 0 spiro atoms. The number of aromatic nitrogens is 3. The molecule has 0 radical (unpaired) electrons. The molecule has 3 aromatic rings. The van der Waals surface area contributed by atoms with Crippen LogP contribution in [0, 0.1) is 11.8 Å². The first-order chi connectivity index (χ1) is 14.4. The molecule has 1 aromatic carbocycles. The molecule has 1 atom stereocenters. The van der Waals surface area contributed by atoms with Crippen LogP contribution in [0.3, 0.4) is 0 Å². The van der Waals surface area contributed by atoms with Crippen LogP contribution in [0.2, 0.25) is 0 Å². The first-order valence-electron chi connectivity index (χ1n) is 9.48. The standard InChI is InChI=1S/C22H20N4O3S/c1-25(20-10-14-30(28,29)16-20)22(27)18-7-9-21(26-13-4-12-24-26)17(15-18)6-8-19-5-2-3-11-23-19/h2-5,7,9,11-13,15,20H,10,14,16H2,1H3/t20-/m1/s1. The minimum Gasteiger partial charge on any atom is -0.338 e. The Morgan fingerprint density at radius 2 is 2.03 bits per heavy atom. The molecule has 1 aliphatic heterocycles. The van der Waals surface area contributed by atoms with Crippen molar-refractivity contribution in [2.75, 3.05) is 18.6 Å². The molecule has 0 saturated carbocycles. The van der Waals surface area contributed by atoms with Gasteiger partial charge in [0.2, 0.25) is 0 Å². The second-order valence-corrected chi connectivity index (χ2v) is 9.35. The van der Waals surface area contributed by atoms with Crippen LogP contribution in [0.15, 0.2) is 61.1 Å². The molecule has 7 nitrogen and oxygen atoms in total. The summed E-state index contributed by atoms with van der Waals surface area (Å²) in [5.41, 5.74) is 2.44. The van der Waals surface area contributed by atoms with E-state index in [1.807, 2.05) is 24.3 Å². The van der Waals surface area contributed by atoms with Crippen LogP contribution in [0.5, 0.6) is 0 Å². The number of rotatable bonds is 3. The Hall–Kier alpha value is -3.44. The lowest BCUT2D eigenvalue weighted by Crippen LogP contribution is -2.37. The number of hydrogen-bond donors (Lipinski definition) is 0. The van der Waals surface area contributed by atoms with Gasteiger partial charge in [-0.2, -0.15) is 5.10 Å². The normalized spacial score (nSPS) is 17.2. The summed E-state index contributed by atoms with van der Waals surface area (Å²) in [6, 6.07) is 12.2. The first kappa shape index (κ1) is 19.9. The second-order valence-electron chi connectivity index (χ2n) is 7.12. The molecule has 1 fully saturated rings. The highest BCUT2D eigenvalue weighted by atomic mass is 32.2. The molecule has 152 valence electrons. The van der Waals surface area contributed by atoms with Gasteiger partial charge in [0.25, 0.3) is 5.91 Å². The zero-order valence-electron chi connectivity index (χ0n) is 16.4. The van der Waals surface area contributed by atoms with Crippen molar-refractivity contribution in [1.82, 2.24) is 19.7 Å². The van der Waals surface area contributed by atoms with Crippen molar-refractivity contribution in [1.29, 1.82) is 0 Å². The Kier molecular flexibility index (Phi) is 5.38. The molecule has 30 heavy (non-hydrogen) atoms. The van der Waals surface area contributed by atoms with Crippen LogP contribution in [0.1, 0.15) is 28.0 Å². The van der Waals surface area contributed by atoms with Gasteiger partial charge in [-0.05, 0) is 48.7 Å². The molecule has 0 aliphatic carbocycles. The molecular weight excluding hydrogens is 400 g/mol. The number of amides is 1. The van der Waals surface area contributed by atoms with Gasteiger partial charge < -0.3 is 4.90 Å². The van der Waals surface area contributed by atoms with E-state index in [0.29, 0.717) is 23.2 Å². The Bertz CT molecular complexity index is 1230. The fraction of sp³-hybridized carbons (Fsp3) is 0.227. The van der Waals surface area contributed by atoms with Crippen LogP contribution < -0.4 is 0 Å². The van der Waals surface area contributed by atoms with Crippen molar-refractivity contribution in [3.63, 3.8) is 0 Å². The Balaban J connectivity index is 1.68. The number of sulfone groups is 1. The second kappa shape index (κ2) is 8.13. The van der Waals surface area contributed by atoms with Crippen molar-refractivity contribution in [3.05, 3.63) is 77.9 Å². The summed E-state index contributed by atoms with van der Waals surface area (Å²) < 4.78 is 25.2. The van der Waals surface area contributed by atoms with Gasteiger partial charge in [-0.3, -0.25) is 4.79 Å². The predicted octanol–water partition coefficient (Wildman–Crippen LogP) is 1.93. The zero-order valence-corrected chi connectivity index (χ0v) is 17.2. The van der Waals surface area contributed by atoms with E-state index in [9.17, 15) is 13.2 Å². The van der Waals surface area contributed by atoms with Gasteiger partial charge in [-0.25, -0.2) is 18.1 Å². The van der Waals surface area contributed by atoms with Crippen LogP contribution in [-0.4, -0.2) is 58.6 Å². The van der Waals surface area contributed by atoms with E-state index in [-0.39, 0.29) is 23.5 Å². The highest BCUT2D eigenvalue weighted by Crippen LogP contribution is 2.21. The average molecular weight is 420 g/mol. The first-order valence-corrected chi connectivity index (χ1v) is 11.3. The van der Waals surface area contributed by atoms with Gasteiger partial charge in [-0.15, -0.1) is 0 Å². The molecule has 1 amide bonds. The van der Waals surface area contributed by atoms with E-state index in [1.165, 1.54) is 4.90 Å². The van der Waals surface area contributed by atoms with Crippen LogP contribution in [0.4, 0.5) is 0 Å². The minimum atomic E-state index is -3.07. The highest BCUT2D eigenvalue weighted by molar-refractivity contribution is 7.91. The summed E-state index contributed by atoms with van der Waals surface area (Å²) in [5.74, 6) is 6.01. The van der Waals surface area contributed by atoms with Gasteiger partial charge in [-0.1, -0.05) is 12.0 Å². The van der Waals surface area contributed by atoms with Gasteiger partial charge in [0.1, 0.15) is 5.69 Å². The molecule has 4 rings (SSSR count). The summed E-state index contributed by atoms with van der Waals surface area (Å²) in [5, 5.41) is 4.26. The van der Waals surface area contributed by atoms with Crippen molar-refractivity contribution < 1.29 is 13.2 Å². The number of pyridine rings is 1. The van der Waals surface area contributed by atoms with Crippen molar-refractivity contribution >= 4 is 15.7 Å². The molecule has 3 heterocycles. The lowest BCUT2D eigenvalue weighted by molar-refractivity contribution is 0.0747. The molecule has 1 saturated heterocycles. The van der Waals surface area contributed by atoms with Gasteiger partial charge >= 0.3 is 0 Å². The van der Waals surface area contributed by atoms with Gasteiger partial charge in [0.15, 0.2) is 9.84 Å². The van der Waals surface area contributed by atoms with Crippen molar-refractivity contribution in [3.8, 4) is 17.5 Å². The number of nitrogens with zero attached hydrogens (tertiary/aromatic N) is 4. The number of carbonyl (C=O) groups excluding carboxylic acids is 1. The summed E-state index contributed by atoms with van der Waals surface area (Å²) in [6.45, 7) is 0. The van der Waals surface area contributed by atoms with Crippen LogP contribution >= 0.6 is 0 Å². The summed E-state index contributed by atoms with van der Waals surface area (Å²) >= 11 is 0. The predicted molar refractivity (Wildman–Crippen MR) is 113 cm³/mol. The molecule has 0 N–H and O–H groups in total. The Morgan fingerprint density at radius 3 is 2.70 bits per heavy atom. The third kappa shape index (κ3) is 4.26. The molecule has 8 heteroatoms. The maximum absolute atomic E-state index is 13.0. The monoisotopic (exact) mass is 420 g/mol. The van der Waals surface area contributed by atoms with Crippen LogP contribution in [0.25, 0.3) is 5.69 Å². The smallest absolute Gasteiger partial charge is 0.253 e. The summed E-state index contributed by atoms with van der Waals surface area (Å²) in [6.07, 6.45) is 5.60. The number of carbonyl (C=O) groups is 1. The maximum atomic E-state index is 13.0. The largest absolute Gasteiger partial charge is 0.338 e.